The van der Waals surface area contributed by atoms with Crippen LogP contribution in [0.25, 0.3) is 11.1 Å². The van der Waals surface area contributed by atoms with Gasteiger partial charge < -0.3 is 0 Å². The molecule has 8 heteroatoms. The second kappa shape index (κ2) is 7.45. The Bertz CT molecular complexity index is 678. The highest BCUT2D eigenvalue weighted by Crippen LogP contribution is 2.50. The molecule has 0 saturated heterocycles. The summed E-state index contributed by atoms with van der Waals surface area (Å²) in [6.45, 7) is 0. The first-order chi connectivity index (χ1) is 9.25. The first-order valence-corrected chi connectivity index (χ1v) is 11.3. The van der Waals surface area contributed by atoms with Crippen LogP contribution in [0.4, 0.5) is 0 Å². The van der Waals surface area contributed by atoms with E-state index in [4.69, 9.17) is 0 Å². The van der Waals surface area contributed by atoms with Crippen molar-refractivity contribution in [2.24, 2.45) is 0 Å². The zero-order valence-electron chi connectivity index (χ0n) is 9.18. The van der Waals surface area contributed by atoms with Gasteiger partial charge in [-0.3, -0.25) is 0 Å². The van der Waals surface area contributed by atoms with Crippen molar-refractivity contribution in [3.05, 3.63) is 47.9 Å². The number of hydrogen-bond donors (Lipinski definition) is 0. The molecule has 2 aromatic rings. The molecule has 0 fully saturated rings. The Balaban J connectivity index is 2.87. The predicted octanol–water partition coefficient (Wildman–Crippen LogP) is 9.45. The molecular formula is C12H2Br8. The van der Waals surface area contributed by atoms with Gasteiger partial charge in [-0.15, -0.1) is 0 Å². The van der Waals surface area contributed by atoms with E-state index in [-0.39, 0.29) is 0 Å². The molecule has 0 spiro atoms. The first kappa shape index (κ1) is 18.6. The Morgan fingerprint density at radius 2 is 0.850 bits per heavy atom. The lowest BCUT2D eigenvalue weighted by molar-refractivity contribution is 1.42. The van der Waals surface area contributed by atoms with E-state index in [2.05, 4.69) is 134 Å². The van der Waals surface area contributed by atoms with E-state index >= 15 is 0 Å². The molecule has 0 aliphatic carbocycles. The molecule has 0 aromatic heterocycles. The summed E-state index contributed by atoms with van der Waals surface area (Å²) in [5, 5.41) is 0. The standard InChI is InChI=1S/C12H2Br8/c13-4-2-6(15)5(14)1-3(4)7-8(16)10(18)12(20)11(19)9(7)17/h1-2H. The summed E-state index contributed by atoms with van der Waals surface area (Å²) in [5.41, 5.74) is 2.11. The highest BCUT2D eigenvalue weighted by atomic mass is 79.9. The van der Waals surface area contributed by atoms with Gasteiger partial charge in [0.25, 0.3) is 0 Å². The van der Waals surface area contributed by atoms with Gasteiger partial charge in [0.15, 0.2) is 0 Å². The zero-order chi connectivity index (χ0) is 15.2. The van der Waals surface area contributed by atoms with Crippen molar-refractivity contribution >= 4 is 127 Å². The highest BCUT2D eigenvalue weighted by Gasteiger charge is 2.21. The minimum atomic E-state index is 0.951. The van der Waals surface area contributed by atoms with E-state index in [9.17, 15) is 0 Å². The minimum Gasteiger partial charge on any atom is -0.0501 e. The number of benzene rings is 2. The summed E-state index contributed by atoms with van der Waals surface area (Å²) in [7, 11) is 0. The van der Waals surface area contributed by atoms with Crippen molar-refractivity contribution in [3.63, 3.8) is 0 Å². The van der Waals surface area contributed by atoms with Crippen LogP contribution in [-0.4, -0.2) is 0 Å². The molecule has 0 nitrogen and oxygen atoms in total. The fraction of sp³-hybridized carbons (Fsp3) is 0. The van der Waals surface area contributed by atoms with E-state index in [0.717, 1.165) is 46.9 Å². The second-order valence-electron chi connectivity index (χ2n) is 3.69. The van der Waals surface area contributed by atoms with Crippen LogP contribution >= 0.6 is 127 Å². The van der Waals surface area contributed by atoms with Crippen LogP contribution in [0.2, 0.25) is 0 Å². The van der Waals surface area contributed by atoms with Gasteiger partial charge in [-0.25, -0.2) is 0 Å². The Kier molecular flexibility index (Phi) is 6.93. The molecule has 0 heterocycles. The normalized spacial score (nSPS) is 11.0. The summed E-state index contributed by atoms with van der Waals surface area (Å²) in [6, 6.07) is 4.08. The lowest BCUT2D eigenvalue weighted by Crippen LogP contribution is -1.90. The minimum absolute atomic E-state index is 0.951. The molecule has 0 aliphatic heterocycles. The molecule has 0 aliphatic rings. The Morgan fingerprint density at radius 1 is 0.450 bits per heavy atom. The van der Waals surface area contributed by atoms with Gasteiger partial charge in [-0.2, -0.15) is 0 Å². The average Bonchev–Trinajstić information content (AvgIpc) is 2.40. The molecule has 0 N–H and O–H groups in total. The summed E-state index contributed by atoms with van der Waals surface area (Å²) in [6.07, 6.45) is 0. The van der Waals surface area contributed by atoms with Gasteiger partial charge >= 0.3 is 0 Å². The Labute approximate surface area is 183 Å². The van der Waals surface area contributed by atoms with Crippen LogP contribution in [-0.2, 0) is 0 Å². The van der Waals surface area contributed by atoms with Crippen molar-refractivity contribution < 1.29 is 0 Å². The van der Waals surface area contributed by atoms with Gasteiger partial charge in [0.1, 0.15) is 0 Å². The average molecular weight is 785 g/mol. The van der Waals surface area contributed by atoms with E-state index in [0.29, 0.717) is 0 Å². The van der Waals surface area contributed by atoms with Crippen LogP contribution in [0.3, 0.4) is 0 Å². The molecule has 2 aromatic carbocycles. The Hall–Kier alpha value is 2.28. The summed E-state index contributed by atoms with van der Waals surface area (Å²) >= 11 is 28.7. The monoisotopic (exact) mass is 777 g/mol. The van der Waals surface area contributed by atoms with Crippen molar-refractivity contribution in [1.29, 1.82) is 0 Å². The lowest BCUT2D eigenvalue weighted by atomic mass is 10.1. The van der Waals surface area contributed by atoms with Crippen molar-refractivity contribution in [3.8, 4) is 11.1 Å². The smallest absolute Gasteiger partial charge is 0.0482 e. The first-order valence-electron chi connectivity index (χ1n) is 4.92. The van der Waals surface area contributed by atoms with E-state index in [1.807, 2.05) is 6.07 Å². The Morgan fingerprint density at radius 3 is 1.35 bits per heavy atom. The molecule has 0 atom stereocenters. The van der Waals surface area contributed by atoms with Crippen molar-refractivity contribution in [2.45, 2.75) is 0 Å². The molecule has 0 radical (unpaired) electrons. The van der Waals surface area contributed by atoms with Gasteiger partial charge in [-0.1, -0.05) is 15.9 Å². The summed E-state index contributed by atoms with van der Waals surface area (Å²) < 4.78 is 7.77. The van der Waals surface area contributed by atoms with Crippen LogP contribution in [0.1, 0.15) is 0 Å². The van der Waals surface area contributed by atoms with Crippen molar-refractivity contribution in [1.82, 2.24) is 0 Å². The SMILES string of the molecule is Brc1cc(Br)c(-c2c(Br)c(Br)c(Br)c(Br)c2Br)cc1Br. The maximum atomic E-state index is 3.65. The van der Waals surface area contributed by atoms with Crippen LogP contribution < -0.4 is 0 Å². The third-order valence-corrected chi connectivity index (χ3v) is 11.1. The molecule has 2 rings (SSSR count). The number of rotatable bonds is 1. The van der Waals surface area contributed by atoms with Gasteiger partial charge in [-0.05, 0) is 129 Å². The largest absolute Gasteiger partial charge is 0.0501 e. The third kappa shape index (κ3) is 3.52. The van der Waals surface area contributed by atoms with Crippen molar-refractivity contribution in [2.75, 3.05) is 0 Å². The van der Waals surface area contributed by atoms with Gasteiger partial charge in [0, 0.05) is 41.3 Å². The molecule has 0 bridgehead atoms. The molecule has 0 amide bonds. The highest BCUT2D eigenvalue weighted by molar-refractivity contribution is 9.16. The maximum absolute atomic E-state index is 3.65. The van der Waals surface area contributed by atoms with E-state index < -0.39 is 0 Å². The van der Waals surface area contributed by atoms with E-state index in [1.165, 1.54) is 0 Å². The topological polar surface area (TPSA) is 0 Å². The lowest BCUT2D eigenvalue weighted by Gasteiger charge is -2.16. The zero-order valence-corrected chi connectivity index (χ0v) is 21.9. The molecule has 20 heavy (non-hydrogen) atoms. The number of halogens is 8. The molecule has 106 valence electrons. The third-order valence-electron chi connectivity index (χ3n) is 2.49. The van der Waals surface area contributed by atoms with Crippen LogP contribution in [0.15, 0.2) is 47.9 Å². The maximum Gasteiger partial charge on any atom is 0.0482 e. The summed E-state index contributed by atoms with van der Waals surface area (Å²) in [5.74, 6) is 0. The quantitative estimate of drug-likeness (QED) is 0.200. The fourth-order valence-corrected chi connectivity index (χ4v) is 6.56. The van der Waals surface area contributed by atoms with E-state index in [1.54, 1.807) is 0 Å². The molecule has 0 unspecified atom stereocenters. The summed E-state index contributed by atoms with van der Waals surface area (Å²) in [4.78, 5) is 0. The van der Waals surface area contributed by atoms with Crippen LogP contribution in [0.5, 0.6) is 0 Å². The van der Waals surface area contributed by atoms with Crippen LogP contribution in [0, 0.1) is 0 Å². The predicted molar refractivity (Wildman–Crippen MR) is 113 cm³/mol. The fourth-order valence-electron chi connectivity index (χ4n) is 1.56. The van der Waals surface area contributed by atoms with Gasteiger partial charge in [0.05, 0.1) is 0 Å². The van der Waals surface area contributed by atoms with Gasteiger partial charge in [0.2, 0.25) is 0 Å². The molecular weight excluding hydrogens is 783 g/mol. The second-order valence-corrected chi connectivity index (χ2v) is 10.2. The number of hydrogen-bond acceptors (Lipinski definition) is 0. The molecule has 0 saturated carbocycles.